The molecule has 7 heteroatoms. The smallest absolute Gasteiger partial charge is 0.191 e. The second kappa shape index (κ2) is 12.6. The minimum Gasteiger partial charge on any atom is -0.496 e. The zero-order valence-electron chi connectivity index (χ0n) is 17.5. The van der Waals surface area contributed by atoms with Crippen LogP contribution in [0.2, 0.25) is 0 Å². The maximum atomic E-state index is 5.45. The highest BCUT2D eigenvalue weighted by atomic mass is 127. The number of aliphatic imine (C=N–C) groups is 1. The Balaban J connectivity index is 0.00000392. The quantitative estimate of drug-likeness (QED) is 0.303. The summed E-state index contributed by atoms with van der Waals surface area (Å²) in [5.41, 5.74) is 3.41. The highest BCUT2D eigenvalue weighted by Crippen LogP contribution is 2.22. The molecule has 0 unspecified atom stereocenters. The van der Waals surface area contributed by atoms with Crippen LogP contribution in [0.1, 0.15) is 55.2 Å². The first-order chi connectivity index (χ1) is 13.1. The molecule has 6 nitrogen and oxygen atoms in total. The number of guanidine groups is 1. The summed E-state index contributed by atoms with van der Waals surface area (Å²) < 4.78 is 10.8. The third kappa shape index (κ3) is 7.00. The van der Waals surface area contributed by atoms with Gasteiger partial charge in [-0.25, -0.2) is 0 Å². The summed E-state index contributed by atoms with van der Waals surface area (Å²) in [5.74, 6) is 2.96. The molecule has 0 bridgehead atoms. The average Bonchev–Trinajstić information content (AvgIpc) is 3.15. The first kappa shape index (κ1) is 24.3. The number of benzene rings is 1. The van der Waals surface area contributed by atoms with E-state index in [9.17, 15) is 0 Å². The number of nitrogens with one attached hydrogen (secondary N) is 2. The molecule has 0 aliphatic heterocycles. The van der Waals surface area contributed by atoms with Gasteiger partial charge in [0.1, 0.15) is 5.75 Å². The fourth-order valence-electron chi connectivity index (χ4n) is 3.05. The minimum absolute atomic E-state index is 0. The van der Waals surface area contributed by atoms with Crippen molar-refractivity contribution in [1.82, 2.24) is 15.8 Å². The minimum atomic E-state index is 0. The van der Waals surface area contributed by atoms with Gasteiger partial charge in [0.05, 0.1) is 19.3 Å². The zero-order valence-corrected chi connectivity index (χ0v) is 19.9. The molecule has 1 aromatic carbocycles. The number of rotatable bonds is 9. The molecule has 1 heterocycles. The van der Waals surface area contributed by atoms with Gasteiger partial charge >= 0.3 is 0 Å². The first-order valence-corrected chi connectivity index (χ1v) is 9.64. The molecule has 1 aromatic heterocycles. The second-order valence-electron chi connectivity index (χ2n) is 6.64. The summed E-state index contributed by atoms with van der Waals surface area (Å²) in [5, 5.41) is 10.8. The number of aryl methyl sites for hydroxylation is 1. The lowest BCUT2D eigenvalue weighted by Gasteiger charge is -2.12. The van der Waals surface area contributed by atoms with E-state index in [1.54, 1.807) is 14.2 Å². The van der Waals surface area contributed by atoms with Crippen LogP contribution in [0.15, 0.2) is 33.8 Å². The Kier molecular flexibility index (Phi) is 11.0. The van der Waals surface area contributed by atoms with Gasteiger partial charge in [-0.2, -0.15) is 0 Å². The van der Waals surface area contributed by atoms with Gasteiger partial charge in [0.15, 0.2) is 11.7 Å². The summed E-state index contributed by atoms with van der Waals surface area (Å²) in [6, 6.07) is 8.34. The van der Waals surface area contributed by atoms with Crippen molar-refractivity contribution >= 4 is 29.9 Å². The van der Waals surface area contributed by atoms with Gasteiger partial charge in [-0.05, 0) is 43.4 Å². The van der Waals surface area contributed by atoms with Gasteiger partial charge in [-0.1, -0.05) is 31.1 Å². The lowest BCUT2D eigenvalue weighted by Crippen LogP contribution is -2.37. The van der Waals surface area contributed by atoms with Crippen LogP contribution in [0.25, 0.3) is 0 Å². The van der Waals surface area contributed by atoms with Gasteiger partial charge in [0.25, 0.3) is 0 Å². The molecular formula is C21H33IN4O2. The molecule has 2 aromatic rings. The molecule has 0 saturated heterocycles. The monoisotopic (exact) mass is 500 g/mol. The molecule has 0 spiro atoms. The predicted molar refractivity (Wildman–Crippen MR) is 125 cm³/mol. The van der Waals surface area contributed by atoms with Crippen molar-refractivity contribution in [2.45, 2.75) is 52.5 Å². The summed E-state index contributed by atoms with van der Waals surface area (Å²) in [6.45, 7) is 7.74. The molecule has 0 radical (unpaired) electrons. The fraction of sp³-hybridized carbons (Fsp3) is 0.524. The van der Waals surface area contributed by atoms with Crippen LogP contribution in [-0.2, 0) is 13.0 Å². The Hall–Kier alpha value is -1.77. The van der Waals surface area contributed by atoms with Crippen LogP contribution >= 0.6 is 24.0 Å². The van der Waals surface area contributed by atoms with Crippen LogP contribution in [0.3, 0.4) is 0 Å². The molecule has 0 saturated carbocycles. The van der Waals surface area contributed by atoms with Crippen molar-refractivity contribution in [3.8, 4) is 5.75 Å². The van der Waals surface area contributed by atoms with E-state index < -0.39 is 0 Å². The Morgan fingerprint density at radius 1 is 1.21 bits per heavy atom. The highest BCUT2D eigenvalue weighted by molar-refractivity contribution is 14.0. The van der Waals surface area contributed by atoms with E-state index in [2.05, 4.69) is 52.8 Å². The van der Waals surface area contributed by atoms with Gasteiger partial charge < -0.3 is 19.9 Å². The van der Waals surface area contributed by atoms with E-state index in [1.165, 1.54) is 5.56 Å². The van der Waals surface area contributed by atoms with Crippen molar-refractivity contribution < 1.29 is 9.26 Å². The van der Waals surface area contributed by atoms with E-state index >= 15 is 0 Å². The summed E-state index contributed by atoms with van der Waals surface area (Å²) in [4.78, 5) is 4.26. The van der Waals surface area contributed by atoms with Crippen molar-refractivity contribution in [3.05, 3.63) is 46.8 Å². The van der Waals surface area contributed by atoms with Crippen LogP contribution in [-0.4, -0.2) is 31.8 Å². The number of hydrogen-bond acceptors (Lipinski definition) is 4. The molecule has 2 rings (SSSR count). The normalized spacial score (nSPS) is 11.3. The van der Waals surface area contributed by atoms with Crippen LogP contribution in [0, 0.1) is 6.92 Å². The molecule has 28 heavy (non-hydrogen) atoms. The molecule has 0 amide bonds. The maximum absolute atomic E-state index is 5.45. The standard InChI is InChI=1S/C21H32N4O2.HI/c1-6-17(7-2)19-13-18(27-25-19)14-24-21(22-4)23-11-10-16-9-8-15(3)20(12-16)26-5;/h8-9,12-13,17H,6-7,10-11,14H2,1-5H3,(H2,22,23,24);1H. The maximum Gasteiger partial charge on any atom is 0.191 e. The fourth-order valence-corrected chi connectivity index (χ4v) is 3.05. The van der Waals surface area contributed by atoms with Gasteiger partial charge in [0.2, 0.25) is 0 Å². The van der Waals surface area contributed by atoms with Crippen LogP contribution in [0.5, 0.6) is 5.75 Å². The van der Waals surface area contributed by atoms with Crippen molar-refractivity contribution in [2.24, 2.45) is 4.99 Å². The zero-order chi connectivity index (χ0) is 19.6. The number of ether oxygens (including phenoxy) is 1. The Morgan fingerprint density at radius 2 is 1.96 bits per heavy atom. The third-order valence-corrected chi connectivity index (χ3v) is 4.81. The Labute approximate surface area is 185 Å². The predicted octanol–water partition coefficient (Wildman–Crippen LogP) is 4.42. The molecule has 0 aliphatic carbocycles. The first-order valence-electron chi connectivity index (χ1n) is 9.64. The van der Waals surface area contributed by atoms with Crippen molar-refractivity contribution in [1.29, 1.82) is 0 Å². The van der Waals surface area contributed by atoms with Gasteiger partial charge in [-0.15, -0.1) is 24.0 Å². The molecule has 0 aliphatic rings. The van der Waals surface area contributed by atoms with E-state index in [0.29, 0.717) is 12.5 Å². The number of methoxy groups -OCH3 is 1. The van der Waals surface area contributed by atoms with E-state index in [-0.39, 0.29) is 24.0 Å². The van der Waals surface area contributed by atoms with Crippen molar-refractivity contribution in [3.63, 3.8) is 0 Å². The Morgan fingerprint density at radius 3 is 2.61 bits per heavy atom. The van der Waals surface area contributed by atoms with Gasteiger partial charge in [-0.3, -0.25) is 4.99 Å². The SMILES string of the molecule is CCC(CC)c1cc(CNC(=NC)NCCc2ccc(C)c(OC)c2)on1.I. The van der Waals surface area contributed by atoms with Crippen LogP contribution in [0.4, 0.5) is 0 Å². The molecular weight excluding hydrogens is 467 g/mol. The van der Waals surface area contributed by atoms with Gasteiger partial charge in [0, 0.05) is 25.6 Å². The van der Waals surface area contributed by atoms with Crippen LogP contribution < -0.4 is 15.4 Å². The van der Waals surface area contributed by atoms with E-state index in [0.717, 1.165) is 54.5 Å². The molecule has 156 valence electrons. The van der Waals surface area contributed by atoms with E-state index in [4.69, 9.17) is 9.26 Å². The number of nitrogens with zero attached hydrogens (tertiary/aromatic N) is 2. The Bertz CT molecular complexity index is 742. The highest BCUT2D eigenvalue weighted by Gasteiger charge is 2.13. The molecule has 0 fully saturated rings. The van der Waals surface area contributed by atoms with E-state index in [1.807, 2.05) is 13.0 Å². The number of hydrogen-bond donors (Lipinski definition) is 2. The summed E-state index contributed by atoms with van der Waals surface area (Å²) in [7, 11) is 3.47. The summed E-state index contributed by atoms with van der Waals surface area (Å²) >= 11 is 0. The molecule has 0 atom stereocenters. The summed E-state index contributed by atoms with van der Waals surface area (Å²) in [6.07, 6.45) is 3.03. The molecule has 2 N–H and O–H groups in total. The topological polar surface area (TPSA) is 71.7 Å². The average molecular weight is 500 g/mol. The lowest BCUT2D eigenvalue weighted by molar-refractivity contribution is 0.368. The largest absolute Gasteiger partial charge is 0.496 e. The second-order valence-corrected chi connectivity index (χ2v) is 6.64. The van der Waals surface area contributed by atoms with Crippen molar-refractivity contribution in [2.75, 3.05) is 20.7 Å². The number of aromatic nitrogens is 1. The lowest BCUT2D eigenvalue weighted by atomic mass is 9.99. The third-order valence-electron chi connectivity index (χ3n) is 4.81. The number of halogens is 1.